The van der Waals surface area contributed by atoms with Crippen molar-refractivity contribution in [1.82, 2.24) is 0 Å². The number of hydrogen-bond acceptors (Lipinski definition) is 2. The molecular formula is C33H58O2. The summed E-state index contributed by atoms with van der Waals surface area (Å²) in [4.78, 5) is 0. The summed E-state index contributed by atoms with van der Waals surface area (Å²) in [7, 11) is 0. The highest BCUT2D eigenvalue weighted by Gasteiger charge is 2.61. The van der Waals surface area contributed by atoms with Gasteiger partial charge in [-0.05, 0) is 154 Å². The molecule has 0 aliphatic heterocycles. The van der Waals surface area contributed by atoms with Crippen LogP contribution in [-0.2, 0) is 0 Å². The second-order valence-electron chi connectivity index (χ2n) is 15.9. The molecule has 0 bridgehead atoms. The van der Waals surface area contributed by atoms with Crippen LogP contribution in [-0.4, -0.2) is 21.9 Å². The van der Waals surface area contributed by atoms with Crippen LogP contribution in [0.1, 0.15) is 138 Å². The second-order valence-corrected chi connectivity index (χ2v) is 15.9. The summed E-state index contributed by atoms with van der Waals surface area (Å²) in [6.45, 7) is 14.7. The van der Waals surface area contributed by atoms with Crippen LogP contribution in [0.5, 0.6) is 0 Å². The third kappa shape index (κ3) is 4.57. The molecule has 5 aliphatic carbocycles. The van der Waals surface area contributed by atoms with Gasteiger partial charge in [0.1, 0.15) is 0 Å². The number of rotatable bonds is 5. The van der Waals surface area contributed by atoms with Gasteiger partial charge in [-0.25, -0.2) is 0 Å². The molecule has 0 spiro atoms. The van der Waals surface area contributed by atoms with Gasteiger partial charge in [-0.1, -0.05) is 41.5 Å². The molecule has 0 aromatic heterocycles. The minimum Gasteiger partial charge on any atom is -0.393 e. The largest absolute Gasteiger partial charge is 0.393 e. The Morgan fingerprint density at radius 1 is 0.771 bits per heavy atom. The van der Waals surface area contributed by atoms with Gasteiger partial charge in [-0.3, -0.25) is 0 Å². The van der Waals surface area contributed by atoms with Crippen LogP contribution in [0, 0.1) is 57.7 Å². The van der Waals surface area contributed by atoms with Crippen LogP contribution in [0.25, 0.3) is 0 Å². The van der Waals surface area contributed by atoms with Crippen molar-refractivity contribution in [2.45, 2.75) is 150 Å². The molecule has 0 heterocycles. The molecular weight excluding hydrogens is 428 g/mol. The third-order valence-corrected chi connectivity index (χ3v) is 13.8. The van der Waals surface area contributed by atoms with E-state index in [2.05, 4.69) is 41.5 Å². The number of hydrogen-bond donors (Lipinski definition) is 2. The fraction of sp³-hybridized carbons (Fsp3) is 1.00. The zero-order chi connectivity index (χ0) is 25.2. The highest BCUT2D eigenvalue weighted by atomic mass is 16.3. The van der Waals surface area contributed by atoms with Crippen molar-refractivity contribution < 1.29 is 10.2 Å². The minimum absolute atomic E-state index is 0.113. The standard InChI is InChI=1S/C33H58O2/c1-7-33(35)19-18-31(5)24(21-33)8-9-25-27-11-10-26(32(27,6)17-14-28(25)31)22(2)29(34)20-23-12-15-30(3,4)16-13-23/h22-29,34-35H,7-21H2,1-6H3/t22-,24-,25?,26+,27-,28-,29?,31?,32+,33-/m0/s1. The summed E-state index contributed by atoms with van der Waals surface area (Å²) >= 11 is 0. The highest BCUT2D eigenvalue weighted by molar-refractivity contribution is 5.11. The maximum Gasteiger partial charge on any atom is 0.0648 e. The molecule has 5 aliphatic rings. The summed E-state index contributed by atoms with van der Waals surface area (Å²) in [5, 5.41) is 22.5. The van der Waals surface area contributed by atoms with E-state index < -0.39 is 5.60 Å². The van der Waals surface area contributed by atoms with Crippen LogP contribution < -0.4 is 0 Å². The molecule has 202 valence electrons. The molecule has 35 heavy (non-hydrogen) atoms. The maximum atomic E-state index is 11.4. The van der Waals surface area contributed by atoms with E-state index >= 15 is 0 Å². The number of fused-ring (bicyclic) bond motifs is 5. The average molecular weight is 487 g/mol. The van der Waals surface area contributed by atoms with Gasteiger partial charge in [0.2, 0.25) is 0 Å². The highest BCUT2D eigenvalue weighted by Crippen LogP contribution is 2.69. The Bertz CT molecular complexity index is 750. The zero-order valence-corrected chi connectivity index (χ0v) is 24.1. The molecule has 2 heteroatoms. The molecule has 2 N–H and O–H groups in total. The van der Waals surface area contributed by atoms with Crippen LogP contribution >= 0.6 is 0 Å². The summed E-state index contributed by atoms with van der Waals surface area (Å²) in [6.07, 6.45) is 18.7. The van der Waals surface area contributed by atoms with E-state index in [1.165, 1.54) is 70.6 Å². The van der Waals surface area contributed by atoms with Gasteiger partial charge in [0.25, 0.3) is 0 Å². The van der Waals surface area contributed by atoms with Crippen molar-refractivity contribution in [3.05, 3.63) is 0 Å². The van der Waals surface area contributed by atoms with E-state index in [0.29, 0.717) is 28.1 Å². The van der Waals surface area contributed by atoms with Crippen LogP contribution in [0.4, 0.5) is 0 Å². The summed E-state index contributed by atoms with van der Waals surface area (Å²) < 4.78 is 0. The fourth-order valence-corrected chi connectivity index (χ4v) is 11.1. The topological polar surface area (TPSA) is 40.5 Å². The lowest BCUT2D eigenvalue weighted by molar-refractivity contribution is -0.154. The van der Waals surface area contributed by atoms with Gasteiger partial charge < -0.3 is 10.2 Å². The first-order valence-corrected chi connectivity index (χ1v) is 15.8. The van der Waals surface area contributed by atoms with Crippen molar-refractivity contribution in [1.29, 1.82) is 0 Å². The Morgan fingerprint density at radius 3 is 2.14 bits per heavy atom. The Balaban J connectivity index is 1.25. The quantitative estimate of drug-likeness (QED) is 0.409. The Morgan fingerprint density at radius 2 is 1.46 bits per heavy atom. The molecule has 5 fully saturated rings. The van der Waals surface area contributed by atoms with Crippen molar-refractivity contribution in [3.8, 4) is 0 Å². The van der Waals surface area contributed by atoms with Crippen molar-refractivity contribution in [2.75, 3.05) is 0 Å². The molecule has 10 atom stereocenters. The maximum absolute atomic E-state index is 11.4. The summed E-state index contributed by atoms with van der Waals surface area (Å²) in [5.41, 5.74) is 1.00. The number of aliphatic hydroxyl groups is 2. The molecule has 5 rings (SSSR count). The van der Waals surface area contributed by atoms with Gasteiger partial charge >= 0.3 is 0 Å². The molecule has 5 saturated carbocycles. The van der Waals surface area contributed by atoms with E-state index in [9.17, 15) is 10.2 Å². The van der Waals surface area contributed by atoms with Gasteiger partial charge in [0, 0.05) is 0 Å². The Hall–Kier alpha value is -0.0800. The van der Waals surface area contributed by atoms with E-state index in [0.717, 1.165) is 55.3 Å². The van der Waals surface area contributed by atoms with Gasteiger partial charge in [0.05, 0.1) is 11.7 Å². The Kier molecular flexibility index (Phi) is 7.04. The number of aliphatic hydroxyl groups excluding tert-OH is 1. The third-order valence-electron chi connectivity index (χ3n) is 13.8. The monoisotopic (exact) mass is 486 g/mol. The average Bonchev–Trinajstić information content (AvgIpc) is 3.17. The molecule has 0 aromatic carbocycles. The van der Waals surface area contributed by atoms with Crippen molar-refractivity contribution in [2.24, 2.45) is 57.7 Å². The molecule has 0 aromatic rings. The SMILES string of the molecule is CC[C@]1(O)CCC2(C)[C@@H](CCC3[C@@H]2CC[C@]2(C)[C@@H]([C@H](C)C(O)CC4CCC(C)(C)CC4)CC[C@@H]32)C1. The summed E-state index contributed by atoms with van der Waals surface area (Å²) in [5.74, 6) is 5.22. The zero-order valence-electron chi connectivity index (χ0n) is 24.1. The van der Waals surface area contributed by atoms with Gasteiger partial charge in [-0.2, -0.15) is 0 Å². The first-order valence-electron chi connectivity index (χ1n) is 15.8. The lowest BCUT2D eigenvalue weighted by Gasteiger charge is -2.62. The minimum atomic E-state index is -0.391. The normalized spacial score (nSPS) is 49.5. The molecule has 0 amide bonds. The van der Waals surface area contributed by atoms with Crippen LogP contribution in [0.15, 0.2) is 0 Å². The van der Waals surface area contributed by atoms with E-state index in [4.69, 9.17) is 0 Å². The molecule has 2 nitrogen and oxygen atoms in total. The fourth-order valence-electron chi connectivity index (χ4n) is 11.1. The predicted octanol–water partition coefficient (Wildman–Crippen LogP) is 8.39. The smallest absolute Gasteiger partial charge is 0.0648 e. The van der Waals surface area contributed by atoms with Crippen molar-refractivity contribution >= 4 is 0 Å². The second kappa shape index (κ2) is 9.29. The Labute approximate surface area is 217 Å². The van der Waals surface area contributed by atoms with E-state index in [-0.39, 0.29) is 6.10 Å². The molecule has 0 saturated heterocycles. The van der Waals surface area contributed by atoms with Crippen LogP contribution in [0.2, 0.25) is 0 Å². The van der Waals surface area contributed by atoms with Crippen molar-refractivity contribution in [3.63, 3.8) is 0 Å². The van der Waals surface area contributed by atoms with Crippen LogP contribution in [0.3, 0.4) is 0 Å². The van der Waals surface area contributed by atoms with E-state index in [1.807, 2.05) is 0 Å². The molecule has 0 radical (unpaired) electrons. The molecule has 3 unspecified atom stereocenters. The lowest BCUT2D eigenvalue weighted by Crippen LogP contribution is -2.56. The summed E-state index contributed by atoms with van der Waals surface area (Å²) in [6, 6.07) is 0. The van der Waals surface area contributed by atoms with E-state index in [1.54, 1.807) is 0 Å². The lowest BCUT2D eigenvalue weighted by atomic mass is 9.43. The van der Waals surface area contributed by atoms with Gasteiger partial charge in [-0.15, -0.1) is 0 Å². The van der Waals surface area contributed by atoms with Gasteiger partial charge in [0.15, 0.2) is 0 Å². The first kappa shape index (κ1) is 26.5. The first-order chi connectivity index (χ1) is 16.4. The predicted molar refractivity (Wildman–Crippen MR) is 146 cm³/mol.